The summed E-state index contributed by atoms with van der Waals surface area (Å²) in [6, 6.07) is 3.83. The van der Waals surface area contributed by atoms with Gasteiger partial charge in [0.05, 0.1) is 18.1 Å². The van der Waals surface area contributed by atoms with Crippen LogP contribution in [-0.2, 0) is 14.8 Å². The van der Waals surface area contributed by atoms with Crippen LogP contribution in [-0.4, -0.2) is 58.7 Å². The van der Waals surface area contributed by atoms with Gasteiger partial charge in [0.25, 0.3) is 0 Å². The normalized spacial score (nSPS) is 23.1. The minimum atomic E-state index is -3.65. The molecule has 0 bridgehead atoms. The number of halogens is 1. The average molecular weight is 344 g/mol. The molecule has 3 rings (SSSR count). The van der Waals surface area contributed by atoms with Gasteiger partial charge in [0.2, 0.25) is 10.0 Å². The second-order valence-electron chi connectivity index (χ2n) is 5.79. The maximum absolute atomic E-state index is 14.2. The minimum absolute atomic E-state index is 0.0338. The predicted octanol–water partition coefficient (Wildman–Crippen LogP) is 0.835. The third-order valence-corrected chi connectivity index (χ3v) is 6.01. The summed E-state index contributed by atoms with van der Waals surface area (Å²) >= 11 is 0. The predicted molar refractivity (Wildman–Crippen MR) is 82.4 cm³/mol. The number of benzene rings is 1. The highest BCUT2D eigenvalue weighted by molar-refractivity contribution is 7.89. The first-order valence-corrected chi connectivity index (χ1v) is 9.22. The van der Waals surface area contributed by atoms with Crippen molar-refractivity contribution in [2.45, 2.75) is 11.3 Å². The lowest BCUT2D eigenvalue weighted by molar-refractivity contribution is 0.165. The molecule has 2 saturated heterocycles. The van der Waals surface area contributed by atoms with Gasteiger partial charge in [-0.2, -0.15) is 4.31 Å². The van der Waals surface area contributed by atoms with Crippen LogP contribution in [0.25, 0.3) is 0 Å². The summed E-state index contributed by atoms with van der Waals surface area (Å²) in [6.07, 6.45) is 0.900. The summed E-state index contributed by atoms with van der Waals surface area (Å²) in [6.45, 7) is 3.70. The van der Waals surface area contributed by atoms with Gasteiger partial charge in [-0.15, -0.1) is 0 Å². The van der Waals surface area contributed by atoms with Gasteiger partial charge in [-0.1, -0.05) is 0 Å². The fraction of sp³-hybridized carbons (Fsp3) is 0.600. The highest BCUT2D eigenvalue weighted by Gasteiger charge is 2.27. The van der Waals surface area contributed by atoms with Crippen LogP contribution in [0, 0.1) is 11.7 Å². The van der Waals surface area contributed by atoms with Crippen LogP contribution in [0.5, 0.6) is 5.75 Å². The van der Waals surface area contributed by atoms with Crippen LogP contribution < -0.4 is 10.1 Å². The molecule has 6 nitrogen and oxygen atoms in total. The number of ether oxygens (including phenoxy) is 2. The first kappa shape index (κ1) is 16.6. The molecule has 0 radical (unpaired) electrons. The Morgan fingerprint density at radius 2 is 2.13 bits per heavy atom. The van der Waals surface area contributed by atoms with Gasteiger partial charge in [-0.05, 0) is 24.6 Å². The highest BCUT2D eigenvalue weighted by atomic mass is 32.2. The van der Waals surface area contributed by atoms with Gasteiger partial charge >= 0.3 is 0 Å². The second kappa shape index (κ2) is 7.12. The number of sulfonamides is 1. The van der Waals surface area contributed by atoms with Crippen LogP contribution >= 0.6 is 0 Å². The Morgan fingerprint density at radius 1 is 1.35 bits per heavy atom. The molecule has 23 heavy (non-hydrogen) atoms. The SMILES string of the molecule is O=S(=O)(c1ccc(OCC2CCOC2)c(F)c1)N1CCNCC1. The van der Waals surface area contributed by atoms with Crippen LogP contribution in [0.1, 0.15) is 6.42 Å². The quantitative estimate of drug-likeness (QED) is 0.857. The van der Waals surface area contributed by atoms with Crippen LogP contribution in [0.2, 0.25) is 0 Å². The second-order valence-corrected chi connectivity index (χ2v) is 7.72. The van der Waals surface area contributed by atoms with Crippen molar-refractivity contribution in [1.29, 1.82) is 0 Å². The Labute approximate surface area is 135 Å². The Kier molecular flexibility index (Phi) is 5.15. The zero-order valence-corrected chi connectivity index (χ0v) is 13.6. The fourth-order valence-electron chi connectivity index (χ4n) is 2.72. The summed E-state index contributed by atoms with van der Waals surface area (Å²) in [5.41, 5.74) is 0. The Bertz CT molecular complexity index is 641. The van der Waals surface area contributed by atoms with E-state index in [1.807, 2.05) is 0 Å². The van der Waals surface area contributed by atoms with E-state index in [4.69, 9.17) is 9.47 Å². The van der Waals surface area contributed by atoms with Gasteiger partial charge < -0.3 is 14.8 Å². The molecule has 0 spiro atoms. The molecule has 2 heterocycles. The molecular weight excluding hydrogens is 323 g/mol. The third-order valence-electron chi connectivity index (χ3n) is 4.12. The van der Waals surface area contributed by atoms with E-state index >= 15 is 0 Å². The van der Waals surface area contributed by atoms with Crippen molar-refractivity contribution < 1.29 is 22.3 Å². The number of hydrogen-bond acceptors (Lipinski definition) is 5. The van der Waals surface area contributed by atoms with E-state index in [2.05, 4.69) is 5.32 Å². The number of piperazine rings is 1. The average Bonchev–Trinajstić information content (AvgIpc) is 3.08. The van der Waals surface area contributed by atoms with E-state index in [1.54, 1.807) is 0 Å². The topological polar surface area (TPSA) is 67.9 Å². The van der Waals surface area contributed by atoms with Crippen molar-refractivity contribution >= 4 is 10.0 Å². The van der Waals surface area contributed by atoms with Crippen molar-refractivity contribution in [2.24, 2.45) is 5.92 Å². The number of nitrogens with zero attached hydrogens (tertiary/aromatic N) is 1. The molecule has 1 atom stereocenters. The van der Waals surface area contributed by atoms with E-state index in [-0.39, 0.29) is 16.6 Å². The standard InChI is InChI=1S/C15H21FN2O4S/c16-14-9-13(23(19,20)18-6-4-17-5-7-18)1-2-15(14)22-11-12-3-8-21-10-12/h1-2,9,12,17H,3-8,10-11H2. The van der Waals surface area contributed by atoms with Crippen molar-refractivity contribution in [2.75, 3.05) is 46.0 Å². The molecule has 128 valence electrons. The Morgan fingerprint density at radius 3 is 2.78 bits per heavy atom. The summed E-state index contributed by atoms with van der Waals surface area (Å²) in [7, 11) is -3.65. The van der Waals surface area contributed by atoms with E-state index in [0.29, 0.717) is 46.0 Å². The van der Waals surface area contributed by atoms with Gasteiger partial charge in [0.1, 0.15) is 0 Å². The number of nitrogens with one attached hydrogen (secondary N) is 1. The molecule has 1 N–H and O–H groups in total. The maximum atomic E-state index is 14.2. The van der Waals surface area contributed by atoms with Crippen LogP contribution in [0.15, 0.2) is 23.1 Å². The zero-order chi connectivity index (χ0) is 16.3. The summed E-state index contributed by atoms with van der Waals surface area (Å²) < 4.78 is 51.2. The zero-order valence-electron chi connectivity index (χ0n) is 12.8. The molecule has 2 fully saturated rings. The lowest BCUT2D eigenvalue weighted by atomic mass is 10.1. The van der Waals surface area contributed by atoms with Crippen molar-refractivity contribution in [3.05, 3.63) is 24.0 Å². The lowest BCUT2D eigenvalue weighted by Gasteiger charge is -2.26. The van der Waals surface area contributed by atoms with E-state index in [1.165, 1.54) is 16.4 Å². The van der Waals surface area contributed by atoms with Crippen LogP contribution in [0.3, 0.4) is 0 Å². The molecule has 1 unspecified atom stereocenters. The molecule has 1 aromatic carbocycles. The van der Waals surface area contributed by atoms with Crippen LogP contribution in [0.4, 0.5) is 4.39 Å². The van der Waals surface area contributed by atoms with Gasteiger partial charge in [-0.3, -0.25) is 0 Å². The molecule has 0 saturated carbocycles. The lowest BCUT2D eigenvalue weighted by Crippen LogP contribution is -2.46. The molecule has 8 heteroatoms. The van der Waals surface area contributed by atoms with Crippen molar-refractivity contribution in [1.82, 2.24) is 9.62 Å². The third kappa shape index (κ3) is 3.82. The number of rotatable bonds is 5. The largest absolute Gasteiger partial charge is 0.490 e. The monoisotopic (exact) mass is 344 g/mol. The molecule has 0 aliphatic carbocycles. The molecule has 2 aliphatic rings. The number of hydrogen-bond donors (Lipinski definition) is 1. The van der Waals surface area contributed by atoms with Gasteiger partial charge in [-0.25, -0.2) is 12.8 Å². The van der Waals surface area contributed by atoms with E-state index in [9.17, 15) is 12.8 Å². The minimum Gasteiger partial charge on any atom is -0.490 e. The molecular formula is C15H21FN2O4S. The van der Waals surface area contributed by atoms with Gasteiger partial charge in [0.15, 0.2) is 11.6 Å². The molecule has 0 amide bonds. The maximum Gasteiger partial charge on any atom is 0.243 e. The van der Waals surface area contributed by atoms with Gasteiger partial charge in [0, 0.05) is 38.7 Å². The first-order chi connectivity index (χ1) is 11.1. The highest BCUT2D eigenvalue weighted by Crippen LogP contribution is 2.25. The van der Waals surface area contributed by atoms with E-state index < -0.39 is 15.8 Å². The molecule has 2 aliphatic heterocycles. The Hall–Kier alpha value is -1.22. The first-order valence-electron chi connectivity index (χ1n) is 7.78. The summed E-state index contributed by atoms with van der Waals surface area (Å²) in [4.78, 5) is -0.0338. The summed E-state index contributed by atoms with van der Waals surface area (Å²) in [5, 5.41) is 3.09. The van der Waals surface area contributed by atoms with Crippen molar-refractivity contribution in [3.8, 4) is 5.75 Å². The Balaban J connectivity index is 1.70. The summed E-state index contributed by atoms with van der Waals surface area (Å²) in [5.74, 6) is -0.310. The van der Waals surface area contributed by atoms with E-state index in [0.717, 1.165) is 12.5 Å². The van der Waals surface area contributed by atoms with Crippen molar-refractivity contribution in [3.63, 3.8) is 0 Å². The fourth-order valence-corrected chi connectivity index (χ4v) is 4.17. The molecule has 1 aromatic rings. The smallest absolute Gasteiger partial charge is 0.243 e. The molecule has 0 aromatic heterocycles.